The molecule has 0 fully saturated rings. The van der Waals surface area contributed by atoms with Crippen LogP contribution in [0, 0.1) is 11.3 Å². The first-order chi connectivity index (χ1) is 17.0. The van der Waals surface area contributed by atoms with Crippen LogP contribution in [0.2, 0.25) is 5.02 Å². The third-order valence-electron chi connectivity index (χ3n) is 5.05. The number of anilines is 2. The molecular weight excluding hydrogens is 503 g/mol. The van der Waals surface area contributed by atoms with Gasteiger partial charge in [-0.1, -0.05) is 29.8 Å². The molecule has 3 rings (SSSR count). The highest BCUT2D eigenvalue weighted by atomic mass is 35.5. The van der Waals surface area contributed by atoms with Crippen molar-refractivity contribution in [3.8, 4) is 17.6 Å². The van der Waals surface area contributed by atoms with Crippen LogP contribution in [0.3, 0.4) is 0 Å². The van der Waals surface area contributed by atoms with E-state index in [2.05, 4.69) is 4.74 Å². The predicted octanol–water partition coefficient (Wildman–Crippen LogP) is 3.64. The van der Waals surface area contributed by atoms with E-state index in [-0.39, 0.29) is 43.5 Å². The fraction of sp³-hybridized carbons (Fsp3) is 0.261. The van der Waals surface area contributed by atoms with Crippen LogP contribution < -0.4 is 31.4 Å². The maximum Gasteiger partial charge on any atom is 0.573 e. The van der Waals surface area contributed by atoms with Crippen molar-refractivity contribution in [1.82, 2.24) is 9.13 Å². The molecule has 1 heterocycles. The first-order valence-corrected chi connectivity index (χ1v) is 10.8. The van der Waals surface area contributed by atoms with Gasteiger partial charge in [0.15, 0.2) is 6.73 Å². The number of nitrogens with two attached hydrogens (primary N) is 1. The molecule has 0 bridgehead atoms. The molecule has 0 aliphatic carbocycles. The van der Waals surface area contributed by atoms with E-state index >= 15 is 0 Å². The fourth-order valence-corrected chi connectivity index (χ4v) is 3.46. The molecular formula is C23H21ClF3N5O4. The standard InChI is InChI=1S/C23H21ClF3N5O4/c1-30-20(29)19(21(33)32(22(30)34)11-3-10-28)31(13-15-6-8-16(24)9-7-15)14-35-17-4-2-5-18(12-17)36-23(25,26)27/h2,4-9,12H,3,11,13-14,29H2,1H3. The van der Waals surface area contributed by atoms with E-state index in [0.29, 0.717) is 10.6 Å². The number of aromatic nitrogens is 2. The van der Waals surface area contributed by atoms with Crippen molar-refractivity contribution in [2.45, 2.75) is 25.9 Å². The molecule has 0 saturated heterocycles. The Balaban J connectivity index is 2.01. The van der Waals surface area contributed by atoms with E-state index in [0.717, 1.165) is 21.3 Å². The SMILES string of the molecule is Cn1c(N)c(N(COc2cccc(OC(F)(F)F)c2)Cc2ccc(Cl)cc2)c(=O)n(CCC#N)c1=O. The Morgan fingerprint density at radius 1 is 1.14 bits per heavy atom. The third kappa shape index (κ3) is 6.51. The molecule has 9 nitrogen and oxygen atoms in total. The summed E-state index contributed by atoms with van der Waals surface area (Å²) in [4.78, 5) is 27.3. The van der Waals surface area contributed by atoms with Gasteiger partial charge in [0.1, 0.15) is 23.0 Å². The number of hydrogen-bond acceptors (Lipinski definition) is 7. The minimum atomic E-state index is -4.88. The van der Waals surface area contributed by atoms with Crippen LogP contribution in [-0.4, -0.2) is 22.2 Å². The highest BCUT2D eigenvalue weighted by Gasteiger charge is 2.31. The van der Waals surface area contributed by atoms with Crippen LogP contribution in [0.4, 0.5) is 24.7 Å². The van der Waals surface area contributed by atoms with Crippen molar-refractivity contribution in [1.29, 1.82) is 5.26 Å². The molecule has 0 aliphatic rings. The van der Waals surface area contributed by atoms with Crippen LogP contribution in [0.25, 0.3) is 0 Å². The Morgan fingerprint density at radius 3 is 2.44 bits per heavy atom. The lowest BCUT2D eigenvalue weighted by Crippen LogP contribution is -2.44. The molecule has 0 amide bonds. The molecule has 0 radical (unpaired) electrons. The summed E-state index contributed by atoms with van der Waals surface area (Å²) in [6.45, 7) is -0.401. The normalized spacial score (nSPS) is 11.1. The molecule has 3 aromatic rings. The first kappa shape index (κ1) is 26.5. The zero-order valence-electron chi connectivity index (χ0n) is 19.0. The van der Waals surface area contributed by atoms with Crippen molar-refractivity contribution in [3.05, 3.63) is 80.0 Å². The summed E-state index contributed by atoms with van der Waals surface area (Å²) in [5.41, 5.74) is 5.34. The average molecular weight is 524 g/mol. The smallest absolute Gasteiger partial charge is 0.473 e. The number of nitriles is 1. The van der Waals surface area contributed by atoms with Gasteiger partial charge in [-0.05, 0) is 29.8 Å². The molecule has 2 N–H and O–H groups in total. The summed E-state index contributed by atoms with van der Waals surface area (Å²) < 4.78 is 49.3. The van der Waals surface area contributed by atoms with Crippen LogP contribution in [0.15, 0.2) is 58.1 Å². The van der Waals surface area contributed by atoms with E-state index in [1.165, 1.54) is 24.1 Å². The van der Waals surface area contributed by atoms with Crippen molar-refractivity contribution in [2.24, 2.45) is 7.05 Å². The second kappa shape index (κ2) is 11.1. The van der Waals surface area contributed by atoms with Gasteiger partial charge in [-0.25, -0.2) is 4.79 Å². The third-order valence-corrected chi connectivity index (χ3v) is 5.30. The largest absolute Gasteiger partial charge is 0.573 e. The van der Waals surface area contributed by atoms with Crippen LogP contribution in [-0.2, 0) is 20.1 Å². The molecule has 0 saturated carbocycles. The first-order valence-electron chi connectivity index (χ1n) is 10.4. The summed E-state index contributed by atoms with van der Waals surface area (Å²) in [5, 5.41) is 9.40. The second-order valence-electron chi connectivity index (χ2n) is 7.56. The maximum absolute atomic E-state index is 13.3. The number of ether oxygens (including phenoxy) is 2. The zero-order valence-corrected chi connectivity index (χ0v) is 19.7. The van der Waals surface area contributed by atoms with Gasteiger partial charge in [0, 0.05) is 31.2 Å². The number of hydrogen-bond donors (Lipinski definition) is 1. The van der Waals surface area contributed by atoms with Crippen molar-refractivity contribution in [2.75, 3.05) is 17.4 Å². The van der Waals surface area contributed by atoms with Gasteiger partial charge in [-0.2, -0.15) is 5.26 Å². The molecule has 1 aromatic heterocycles. The summed E-state index contributed by atoms with van der Waals surface area (Å²) in [6, 6.07) is 13.5. The molecule has 0 spiro atoms. The topological polar surface area (TPSA) is 116 Å². The highest BCUT2D eigenvalue weighted by molar-refractivity contribution is 6.30. The predicted molar refractivity (Wildman–Crippen MR) is 127 cm³/mol. The van der Waals surface area contributed by atoms with E-state index < -0.39 is 23.4 Å². The fourth-order valence-electron chi connectivity index (χ4n) is 3.34. The number of benzene rings is 2. The lowest BCUT2D eigenvalue weighted by atomic mass is 10.2. The minimum Gasteiger partial charge on any atom is -0.473 e. The number of halogens is 4. The Bertz CT molecular complexity index is 1380. The molecule has 13 heteroatoms. The van der Waals surface area contributed by atoms with Gasteiger partial charge in [0.2, 0.25) is 0 Å². The number of nitrogens with zero attached hydrogens (tertiary/aromatic N) is 4. The number of rotatable bonds is 9. The van der Waals surface area contributed by atoms with Gasteiger partial charge in [-0.15, -0.1) is 13.2 Å². The molecule has 0 atom stereocenters. The zero-order chi connectivity index (χ0) is 26.5. The molecule has 0 aliphatic heterocycles. The lowest BCUT2D eigenvalue weighted by Gasteiger charge is -2.27. The Labute approximate surface area is 208 Å². The second-order valence-corrected chi connectivity index (χ2v) is 8.00. The van der Waals surface area contributed by atoms with Crippen LogP contribution >= 0.6 is 11.6 Å². The Morgan fingerprint density at radius 2 is 1.81 bits per heavy atom. The number of nitrogen functional groups attached to an aromatic ring is 1. The van der Waals surface area contributed by atoms with E-state index in [1.807, 2.05) is 6.07 Å². The maximum atomic E-state index is 13.3. The van der Waals surface area contributed by atoms with E-state index in [4.69, 9.17) is 27.3 Å². The van der Waals surface area contributed by atoms with Gasteiger partial charge >= 0.3 is 12.1 Å². The van der Waals surface area contributed by atoms with Crippen molar-refractivity contribution in [3.63, 3.8) is 0 Å². The average Bonchev–Trinajstić information content (AvgIpc) is 2.81. The van der Waals surface area contributed by atoms with Gasteiger partial charge < -0.3 is 20.1 Å². The number of alkyl halides is 3. The summed E-state index contributed by atoms with van der Waals surface area (Å²) >= 11 is 5.96. The summed E-state index contributed by atoms with van der Waals surface area (Å²) in [5.74, 6) is -0.597. The van der Waals surface area contributed by atoms with E-state index in [1.54, 1.807) is 24.3 Å². The Hall–Kier alpha value is -4.11. The summed E-state index contributed by atoms with van der Waals surface area (Å²) in [7, 11) is 1.38. The monoisotopic (exact) mass is 523 g/mol. The minimum absolute atomic E-state index is 0.0334. The van der Waals surface area contributed by atoms with Crippen molar-refractivity contribution < 1.29 is 22.6 Å². The molecule has 2 aromatic carbocycles. The Kier molecular flexibility index (Phi) is 8.16. The summed E-state index contributed by atoms with van der Waals surface area (Å²) in [6.07, 6.45) is -4.96. The molecule has 36 heavy (non-hydrogen) atoms. The van der Waals surface area contributed by atoms with Gasteiger partial charge in [0.05, 0.1) is 12.5 Å². The quantitative estimate of drug-likeness (QED) is 0.426. The van der Waals surface area contributed by atoms with Gasteiger partial charge in [-0.3, -0.25) is 13.9 Å². The van der Waals surface area contributed by atoms with Crippen LogP contribution in [0.1, 0.15) is 12.0 Å². The molecule has 0 unspecified atom stereocenters. The van der Waals surface area contributed by atoms with E-state index in [9.17, 15) is 22.8 Å². The van der Waals surface area contributed by atoms with Crippen molar-refractivity contribution >= 4 is 23.1 Å². The molecule has 190 valence electrons. The highest BCUT2D eigenvalue weighted by Crippen LogP contribution is 2.27. The van der Waals surface area contributed by atoms with Gasteiger partial charge in [0.25, 0.3) is 5.56 Å². The lowest BCUT2D eigenvalue weighted by molar-refractivity contribution is -0.274. The van der Waals surface area contributed by atoms with Crippen LogP contribution in [0.5, 0.6) is 11.5 Å².